The molecule has 23 heavy (non-hydrogen) atoms. The molecular formula is C15H8F2N2O4. The van der Waals surface area contributed by atoms with Crippen LogP contribution in [-0.2, 0) is 0 Å². The van der Waals surface area contributed by atoms with Gasteiger partial charge in [0.2, 0.25) is 5.82 Å². The molecule has 0 aliphatic heterocycles. The molecule has 1 heterocycles. The number of carboxylic acids is 1. The van der Waals surface area contributed by atoms with E-state index in [0.717, 1.165) is 18.2 Å². The average Bonchev–Trinajstić information content (AvgIpc) is 2.99. The zero-order valence-electron chi connectivity index (χ0n) is 11.3. The van der Waals surface area contributed by atoms with Gasteiger partial charge in [-0.25, -0.2) is 13.6 Å². The Balaban J connectivity index is 2.08. The molecule has 0 saturated carbocycles. The number of phenolic OH excluding ortho intramolecular Hbond substituents is 1. The van der Waals surface area contributed by atoms with Crippen LogP contribution in [0, 0.1) is 11.6 Å². The monoisotopic (exact) mass is 318 g/mol. The van der Waals surface area contributed by atoms with Crippen molar-refractivity contribution in [2.24, 2.45) is 0 Å². The van der Waals surface area contributed by atoms with Gasteiger partial charge in [-0.15, -0.1) is 0 Å². The van der Waals surface area contributed by atoms with Gasteiger partial charge in [-0.1, -0.05) is 11.2 Å². The molecule has 116 valence electrons. The minimum Gasteiger partial charge on any atom is -0.507 e. The molecule has 0 atom stereocenters. The number of carboxylic acid groups (broad SMARTS) is 1. The molecule has 0 fully saturated rings. The summed E-state index contributed by atoms with van der Waals surface area (Å²) in [7, 11) is 0. The fraction of sp³-hybridized carbons (Fsp3) is 0. The summed E-state index contributed by atoms with van der Waals surface area (Å²) in [6.45, 7) is 0. The van der Waals surface area contributed by atoms with E-state index in [-0.39, 0.29) is 34.2 Å². The lowest BCUT2D eigenvalue weighted by Gasteiger charge is -2.01. The number of carbonyl (C=O) groups is 1. The van der Waals surface area contributed by atoms with Crippen molar-refractivity contribution in [1.82, 2.24) is 10.1 Å². The summed E-state index contributed by atoms with van der Waals surface area (Å²) >= 11 is 0. The maximum Gasteiger partial charge on any atom is 0.335 e. The summed E-state index contributed by atoms with van der Waals surface area (Å²) in [5.41, 5.74) is -0.338. The molecule has 8 heteroatoms. The Hall–Kier alpha value is -3.29. The Morgan fingerprint density at radius 1 is 1.13 bits per heavy atom. The van der Waals surface area contributed by atoms with E-state index in [9.17, 15) is 18.7 Å². The largest absolute Gasteiger partial charge is 0.507 e. The summed E-state index contributed by atoms with van der Waals surface area (Å²) in [5.74, 6) is -4.14. The molecule has 0 aliphatic carbocycles. The number of aromatic hydroxyl groups is 1. The molecule has 0 bridgehead atoms. The maximum absolute atomic E-state index is 13.7. The van der Waals surface area contributed by atoms with Crippen LogP contribution in [0.3, 0.4) is 0 Å². The molecule has 0 aliphatic rings. The second kappa shape index (κ2) is 5.48. The van der Waals surface area contributed by atoms with E-state index < -0.39 is 17.6 Å². The summed E-state index contributed by atoms with van der Waals surface area (Å²) in [6.07, 6.45) is 0. The minimum atomic E-state index is -1.20. The van der Waals surface area contributed by atoms with Crippen LogP contribution in [0.2, 0.25) is 0 Å². The predicted octanol–water partition coefficient (Wildman–Crippen LogP) is 3.09. The third-order valence-corrected chi connectivity index (χ3v) is 3.09. The molecule has 0 spiro atoms. The molecule has 2 aromatic carbocycles. The average molecular weight is 318 g/mol. The standard InChI is InChI=1S/C15H8F2N2O4/c16-10-3-1-2-8(12(10)17)14-18-13(19-23-14)9-6-7(15(21)22)4-5-11(9)20/h1-6,20H,(H,21,22). The van der Waals surface area contributed by atoms with Crippen LogP contribution in [-0.4, -0.2) is 26.3 Å². The first kappa shape index (κ1) is 14.6. The van der Waals surface area contributed by atoms with Crippen LogP contribution < -0.4 is 0 Å². The van der Waals surface area contributed by atoms with Gasteiger partial charge < -0.3 is 14.7 Å². The number of halogens is 2. The van der Waals surface area contributed by atoms with Gasteiger partial charge in [-0.05, 0) is 30.3 Å². The van der Waals surface area contributed by atoms with Crippen LogP contribution >= 0.6 is 0 Å². The lowest BCUT2D eigenvalue weighted by Crippen LogP contribution is -1.96. The van der Waals surface area contributed by atoms with Crippen molar-refractivity contribution in [2.75, 3.05) is 0 Å². The number of hydrogen-bond acceptors (Lipinski definition) is 5. The Kier molecular flexibility index (Phi) is 3.49. The van der Waals surface area contributed by atoms with Crippen LogP contribution in [0.15, 0.2) is 40.9 Å². The second-order valence-corrected chi connectivity index (χ2v) is 4.56. The molecule has 3 aromatic rings. The third-order valence-electron chi connectivity index (χ3n) is 3.09. The van der Waals surface area contributed by atoms with Crippen molar-refractivity contribution in [1.29, 1.82) is 0 Å². The smallest absolute Gasteiger partial charge is 0.335 e. The van der Waals surface area contributed by atoms with Gasteiger partial charge in [-0.3, -0.25) is 0 Å². The van der Waals surface area contributed by atoms with Gasteiger partial charge in [0.25, 0.3) is 5.89 Å². The SMILES string of the molecule is O=C(O)c1ccc(O)c(-c2noc(-c3cccc(F)c3F)n2)c1. The molecule has 1 aromatic heterocycles. The summed E-state index contributed by atoms with van der Waals surface area (Å²) in [4.78, 5) is 14.8. The summed E-state index contributed by atoms with van der Waals surface area (Å²) in [5, 5.41) is 22.3. The van der Waals surface area contributed by atoms with Crippen molar-refractivity contribution >= 4 is 5.97 Å². The number of hydrogen-bond donors (Lipinski definition) is 2. The van der Waals surface area contributed by atoms with E-state index in [0.29, 0.717) is 0 Å². The van der Waals surface area contributed by atoms with Gasteiger partial charge >= 0.3 is 5.97 Å². The van der Waals surface area contributed by atoms with Crippen LogP contribution in [0.4, 0.5) is 8.78 Å². The first-order chi connectivity index (χ1) is 11.0. The normalized spacial score (nSPS) is 10.7. The van der Waals surface area contributed by atoms with Crippen LogP contribution in [0.1, 0.15) is 10.4 Å². The van der Waals surface area contributed by atoms with Crippen LogP contribution in [0.5, 0.6) is 5.75 Å². The molecule has 0 unspecified atom stereocenters. The Labute approximate surface area is 127 Å². The number of benzene rings is 2. The van der Waals surface area contributed by atoms with Crippen molar-refractivity contribution in [3.05, 3.63) is 53.6 Å². The van der Waals surface area contributed by atoms with Crippen molar-refractivity contribution in [3.8, 4) is 28.6 Å². The van der Waals surface area contributed by atoms with E-state index in [1.807, 2.05) is 0 Å². The molecule has 3 rings (SSSR count). The fourth-order valence-corrected chi connectivity index (χ4v) is 1.96. The Morgan fingerprint density at radius 3 is 2.65 bits per heavy atom. The highest BCUT2D eigenvalue weighted by Crippen LogP contribution is 2.30. The third kappa shape index (κ3) is 2.61. The quantitative estimate of drug-likeness (QED) is 0.770. The van der Waals surface area contributed by atoms with E-state index in [1.165, 1.54) is 18.2 Å². The number of aromatic nitrogens is 2. The molecule has 0 amide bonds. The Bertz CT molecular complexity index is 908. The highest BCUT2D eigenvalue weighted by Gasteiger charge is 2.19. The zero-order chi connectivity index (χ0) is 16.6. The fourth-order valence-electron chi connectivity index (χ4n) is 1.96. The highest BCUT2D eigenvalue weighted by molar-refractivity contribution is 5.90. The van der Waals surface area contributed by atoms with E-state index >= 15 is 0 Å². The van der Waals surface area contributed by atoms with E-state index in [1.54, 1.807) is 0 Å². The Morgan fingerprint density at radius 2 is 1.91 bits per heavy atom. The summed E-state index contributed by atoms with van der Waals surface area (Å²) in [6, 6.07) is 6.99. The number of phenols is 1. The first-order valence-electron chi connectivity index (χ1n) is 6.32. The van der Waals surface area contributed by atoms with E-state index in [4.69, 9.17) is 9.63 Å². The van der Waals surface area contributed by atoms with Gasteiger partial charge in [-0.2, -0.15) is 4.98 Å². The predicted molar refractivity (Wildman–Crippen MR) is 73.7 cm³/mol. The molecular weight excluding hydrogens is 310 g/mol. The second-order valence-electron chi connectivity index (χ2n) is 4.56. The zero-order valence-corrected chi connectivity index (χ0v) is 11.3. The van der Waals surface area contributed by atoms with Gasteiger partial charge in [0.1, 0.15) is 5.75 Å². The molecule has 0 saturated heterocycles. The maximum atomic E-state index is 13.7. The first-order valence-corrected chi connectivity index (χ1v) is 6.32. The minimum absolute atomic E-state index is 0.00305. The highest BCUT2D eigenvalue weighted by atomic mass is 19.2. The van der Waals surface area contributed by atoms with Crippen LogP contribution in [0.25, 0.3) is 22.8 Å². The number of rotatable bonds is 3. The molecule has 2 N–H and O–H groups in total. The van der Waals surface area contributed by atoms with Gasteiger partial charge in [0.05, 0.1) is 16.7 Å². The lowest BCUT2D eigenvalue weighted by atomic mass is 10.1. The van der Waals surface area contributed by atoms with Gasteiger partial charge in [0, 0.05) is 0 Å². The summed E-state index contributed by atoms with van der Waals surface area (Å²) < 4.78 is 31.8. The van der Waals surface area contributed by atoms with Gasteiger partial charge in [0.15, 0.2) is 11.6 Å². The van der Waals surface area contributed by atoms with Crippen molar-refractivity contribution in [2.45, 2.75) is 0 Å². The van der Waals surface area contributed by atoms with Crippen molar-refractivity contribution < 1.29 is 28.3 Å². The molecule has 6 nitrogen and oxygen atoms in total. The topological polar surface area (TPSA) is 96.5 Å². The number of aromatic carboxylic acids is 1. The number of nitrogens with zero attached hydrogens (tertiary/aromatic N) is 2. The van der Waals surface area contributed by atoms with Crippen molar-refractivity contribution in [3.63, 3.8) is 0 Å². The van der Waals surface area contributed by atoms with E-state index in [2.05, 4.69) is 10.1 Å². The lowest BCUT2D eigenvalue weighted by molar-refractivity contribution is 0.0697. The molecule has 0 radical (unpaired) electrons.